The molecule has 14 heavy (non-hydrogen) atoms. The molecule has 0 aromatic carbocycles. The van der Waals surface area contributed by atoms with Crippen LogP contribution in [0.4, 0.5) is 0 Å². The number of methoxy groups -OCH3 is 1. The highest BCUT2D eigenvalue weighted by atomic mass is 16.5. The highest BCUT2D eigenvalue weighted by Crippen LogP contribution is 1.95. The van der Waals surface area contributed by atoms with Gasteiger partial charge in [-0.25, -0.2) is 0 Å². The minimum atomic E-state index is -0.221. The molecule has 0 aliphatic heterocycles. The Morgan fingerprint density at radius 2 is 2.21 bits per heavy atom. The van der Waals surface area contributed by atoms with E-state index in [2.05, 4.69) is 21.9 Å². The summed E-state index contributed by atoms with van der Waals surface area (Å²) in [7, 11) is 5.21. The summed E-state index contributed by atoms with van der Waals surface area (Å²) >= 11 is 0. The van der Waals surface area contributed by atoms with Crippen LogP contribution in [0, 0.1) is 0 Å². The number of esters is 1. The van der Waals surface area contributed by atoms with Crippen molar-refractivity contribution in [1.82, 2.24) is 10.2 Å². The number of unbranched alkanes of at least 4 members (excludes halogenated alkanes) is 1. The summed E-state index contributed by atoms with van der Waals surface area (Å²) in [4.78, 5) is 13.4. The van der Waals surface area contributed by atoms with Gasteiger partial charge in [0.05, 0.1) is 7.11 Å². The number of carbonyl (C=O) groups is 1. The summed E-state index contributed by atoms with van der Waals surface area (Å²) < 4.78 is 4.68. The van der Waals surface area contributed by atoms with Crippen LogP contribution in [0.5, 0.6) is 0 Å². The standard InChI is InChI=1S/C10H22N2O2/c1-5-6-7-12(3)8-9(11-2)10(13)14-4/h9,11H,5-8H2,1-4H3. The van der Waals surface area contributed by atoms with Gasteiger partial charge < -0.3 is 15.0 Å². The number of nitrogens with one attached hydrogen (secondary N) is 1. The third-order valence-corrected chi connectivity index (χ3v) is 2.22. The first-order valence-corrected chi connectivity index (χ1v) is 5.09. The number of hydrogen-bond acceptors (Lipinski definition) is 4. The van der Waals surface area contributed by atoms with Gasteiger partial charge in [-0.05, 0) is 27.1 Å². The Kier molecular flexibility index (Phi) is 7.42. The van der Waals surface area contributed by atoms with Crippen molar-refractivity contribution in [2.24, 2.45) is 0 Å². The van der Waals surface area contributed by atoms with Crippen LogP contribution < -0.4 is 5.32 Å². The van der Waals surface area contributed by atoms with Crippen molar-refractivity contribution in [3.05, 3.63) is 0 Å². The van der Waals surface area contributed by atoms with Crippen molar-refractivity contribution in [3.8, 4) is 0 Å². The molecule has 1 unspecified atom stereocenters. The summed E-state index contributed by atoms with van der Waals surface area (Å²) in [5, 5.41) is 2.94. The average molecular weight is 202 g/mol. The Bertz CT molecular complexity index is 162. The van der Waals surface area contributed by atoms with E-state index in [1.165, 1.54) is 13.5 Å². The van der Waals surface area contributed by atoms with Gasteiger partial charge in [-0.3, -0.25) is 4.79 Å². The third kappa shape index (κ3) is 5.19. The molecule has 0 radical (unpaired) electrons. The molecule has 0 fully saturated rings. The molecule has 4 heteroatoms. The molecule has 0 aliphatic rings. The molecule has 0 aromatic heterocycles. The van der Waals surface area contributed by atoms with Crippen molar-refractivity contribution in [3.63, 3.8) is 0 Å². The lowest BCUT2D eigenvalue weighted by Gasteiger charge is -2.21. The predicted octanol–water partition coefficient (Wildman–Crippen LogP) is 0.479. The molecule has 0 aromatic rings. The summed E-state index contributed by atoms with van der Waals surface area (Å²) in [5.74, 6) is -0.198. The van der Waals surface area contributed by atoms with E-state index < -0.39 is 0 Å². The Morgan fingerprint density at radius 1 is 1.57 bits per heavy atom. The van der Waals surface area contributed by atoms with Crippen LogP contribution in [-0.4, -0.2) is 51.2 Å². The van der Waals surface area contributed by atoms with Gasteiger partial charge in [-0.1, -0.05) is 13.3 Å². The van der Waals surface area contributed by atoms with E-state index in [-0.39, 0.29) is 12.0 Å². The highest BCUT2D eigenvalue weighted by Gasteiger charge is 2.18. The van der Waals surface area contributed by atoms with Crippen molar-refractivity contribution in [2.75, 3.05) is 34.3 Å². The quantitative estimate of drug-likeness (QED) is 0.610. The minimum absolute atomic E-state index is 0.198. The molecule has 1 N–H and O–H groups in total. The molecule has 1 atom stereocenters. The molecule has 0 heterocycles. The third-order valence-electron chi connectivity index (χ3n) is 2.22. The molecule has 0 amide bonds. The molecule has 0 bridgehead atoms. The second kappa shape index (κ2) is 7.76. The molecule has 84 valence electrons. The fourth-order valence-electron chi connectivity index (χ4n) is 1.26. The van der Waals surface area contributed by atoms with Gasteiger partial charge in [0.15, 0.2) is 0 Å². The van der Waals surface area contributed by atoms with Crippen LogP contribution >= 0.6 is 0 Å². The molecule has 0 rings (SSSR count). The highest BCUT2D eigenvalue weighted by molar-refractivity contribution is 5.75. The van der Waals surface area contributed by atoms with Gasteiger partial charge in [-0.15, -0.1) is 0 Å². The Balaban J connectivity index is 3.85. The Hall–Kier alpha value is -0.610. The van der Waals surface area contributed by atoms with Crippen molar-refractivity contribution >= 4 is 5.97 Å². The molecule has 0 aliphatic carbocycles. The fraction of sp³-hybridized carbons (Fsp3) is 0.900. The predicted molar refractivity (Wildman–Crippen MR) is 57.3 cm³/mol. The first-order valence-electron chi connectivity index (χ1n) is 5.09. The largest absolute Gasteiger partial charge is 0.468 e. The average Bonchev–Trinajstić information content (AvgIpc) is 2.21. The Morgan fingerprint density at radius 3 is 2.64 bits per heavy atom. The maximum atomic E-state index is 11.2. The second-order valence-electron chi connectivity index (χ2n) is 3.48. The molecular formula is C10H22N2O2. The number of ether oxygens (including phenoxy) is 1. The van der Waals surface area contributed by atoms with Crippen LogP contribution in [0.3, 0.4) is 0 Å². The monoisotopic (exact) mass is 202 g/mol. The zero-order chi connectivity index (χ0) is 11.0. The van der Waals surface area contributed by atoms with E-state index in [1.54, 1.807) is 7.05 Å². The van der Waals surface area contributed by atoms with Crippen LogP contribution in [0.25, 0.3) is 0 Å². The first kappa shape index (κ1) is 13.4. The second-order valence-corrected chi connectivity index (χ2v) is 3.48. The van der Waals surface area contributed by atoms with E-state index in [4.69, 9.17) is 0 Å². The number of carbonyl (C=O) groups excluding carboxylic acids is 1. The van der Waals surface area contributed by atoms with Crippen LogP contribution in [0.15, 0.2) is 0 Å². The van der Waals surface area contributed by atoms with Crippen LogP contribution in [0.2, 0.25) is 0 Å². The van der Waals surface area contributed by atoms with Gasteiger partial charge in [0.1, 0.15) is 6.04 Å². The number of hydrogen-bond donors (Lipinski definition) is 1. The minimum Gasteiger partial charge on any atom is -0.468 e. The molecule has 0 spiro atoms. The first-order chi connectivity index (χ1) is 6.65. The van der Waals surface area contributed by atoms with Gasteiger partial charge in [0, 0.05) is 6.54 Å². The lowest BCUT2D eigenvalue weighted by Crippen LogP contribution is -2.44. The SMILES string of the molecule is CCCCN(C)CC(NC)C(=O)OC. The van der Waals surface area contributed by atoms with Gasteiger partial charge in [-0.2, -0.15) is 0 Å². The number of rotatable bonds is 7. The van der Waals surface area contributed by atoms with E-state index in [0.717, 1.165) is 13.0 Å². The zero-order valence-corrected chi connectivity index (χ0v) is 9.67. The summed E-state index contributed by atoms with van der Waals surface area (Å²) in [5.41, 5.74) is 0. The smallest absolute Gasteiger partial charge is 0.324 e. The number of nitrogens with zero attached hydrogens (tertiary/aromatic N) is 1. The zero-order valence-electron chi connectivity index (χ0n) is 9.67. The summed E-state index contributed by atoms with van der Waals surface area (Å²) in [6.45, 7) is 3.87. The summed E-state index contributed by atoms with van der Waals surface area (Å²) in [6, 6.07) is -0.221. The Labute approximate surface area is 86.6 Å². The van der Waals surface area contributed by atoms with Gasteiger partial charge >= 0.3 is 5.97 Å². The molecule has 0 saturated carbocycles. The topological polar surface area (TPSA) is 41.6 Å². The lowest BCUT2D eigenvalue weighted by atomic mass is 10.2. The maximum absolute atomic E-state index is 11.2. The van der Waals surface area contributed by atoms with Crippen LogP contribution in [-0.2, 0) is 9.53 Å². The normalized spacial score (nSPS) is 12.9. The maximum Gasteiger partial charge on any atom is 0.324 e. The van der Waals surface area contributed by atoms with Crippen molar-refractivity contribution < 1.29 is 9.53 Å². The van der Waals surface area contributed by atoms with E-state index in [9.17, 15) is 4.79 Å². The molecular weight excluding hydrogens is 180 g/mol. The summed E-state index contributed by atoms with van der Waals surface area (Å²) in [6.07, 6.45) is 2.33. The number of likely N-dealkylation sites (N-methyl/N-ethyl adjacent to an activating group) is 2. The van der Waals surface area contributed by atoms with E-state index >= 15 is 0 Å². The van der Waals surface area contributed by atoms with E-state index in [0.29, 0.717) is 6.54 Å². The van der Waals surface area contributed by atoms with Crippen molar-refractivity contribution in [1.29, 1.82) is 0 Å². The molecule has 0 saturated heterocycles. The van der Waals surface area contributed by atoms with Gasteiger partial charge in [0.25, 0.3) is 0 Å². The van der Waals surface area contributed by atoms with E-state index in [1.807, 2.05) is 7.05 Å². The van der Waals surface area contributed by atoms with Crippen LogP contribution in [0.1, 0.15) is 19.8 Å². The fourth-order valence-corrected chi connectivity index (χ4v) is 1.26. The van der Waals surface area contributed by atoms with Crippen molar-refractivity contribution in [2.45, 2.75) is 25.8 Å². The van der Waals surface area contributed by atoms with Gasteiger partial charge in [0.2, 0.25) is 0 Å². The molecule has 4 nitrogen and oxygen atoms in total. The lowest BCUT2D eigenvalue weighted by molar-refractivity contribution is -0.143.